The number of aliphatic hydroxyl groups excluding tert-OH is 1. The lowest BCUT2D eigenvalue weighted by atomic mass is 10.3. The van der Waals surface area contributed by atoms with Gasteiger partial charge >= 0.3 is 0 Å². The highest BCUT2D eigenvalue weighted by Crippen LogP contribution is 2.07. The zero-order valence-corrected chi connectivity index (χ0v) is 12.4. The second-order valence-corrected chi connectivity index (χ2v) is 4.80. The number of ether oxygens (including phenoxy) is 2. The summed E-state index contributed by atoms with van der Waals surface area (Å²) in [6.07, 6.45) is 2.66. The van der Waals surface area contributed by atoms with Gasteiger partial charge in [-0.15, -0.1) is 0 Å². The SMILES string of the molecule is CCCCOCC(O)CNCCCOc1ccccc1. The summed E-state index contributed by atoms with van der Waals surface area (Å²) in [7, 11) is 0. The van der Waals surface area contributed by atoms with Crippen LogP contribution in [-0.4, -0.2) is 44.1 Å². The molecular formula is C16H27NO3. The summed E-state index contributed by atoms with van der Waals surface area (Å²) in [5.41, 5.74) is 0. The van der Waals surface area contributed by atoms with Crippen molar-refractivity contribution < 1.29 is 14.6 Å². The predicted molar refractivity (Wildman–Crippen MR) is 81.2 cm³/mol. The van der Waals surface area contributed by atoms with E-state index in [1.807, 2.05) is 30.3 Å². The van der Waals surface area contributed by atoms with Crippen molar-refractivity contribution in [3.05, 3.63) is 30.3 Å². The molecule has 0 aliphatic rings. The molecule has 0 saturated heterocycles. The molecule has 0 fully saturated rings. The number of rotatable bonds is 12. The molecule has 20 heavy (non-hydrogen) atoms. The molecule has 1 aromatic rings. The van der Waals surface area contributed by atoms with Crippen LogP contribution in [0.2, 0.25) is 0 Å². The lowest BCUT2D eigenvalue weighted by molar-refractivity contribution is 0.0359. The summed E-state index contributed by atoms with van der Waals surface area (Å²) >= 11 is 0. The molecular weight excluding hydrogens is 254 g/mol. The van der Waals surface area contributed by atoms with E-state index in [1.54, 1.807) is 0 Å². The molecule has 0 bridgehead atoms. The number of nitrogens with one attached hydrogen (secondary N) is 1. The highest BCUT2D eigenvalue weighted by Gasteiger charge is 2.03. The first kappa shape index (κ1) is 17.0. The van der Waals surface area contributed by atoms with Crippen molar-refractivity contribution in [2.45, 2.75) is 32.3 Å². The summed E-state index contributed by atoms with van der Waals surface area (Å²) in [6.45, 7) is 5.35. The molecule has 114 valence electrons. The molecule has 0 aliphatic carbocycles. The number of hydrogen-bond acceptors (Lipinski definition) is 4. The van der Waals surface area contributed by atoms with Crippen LogP contribution < -0.4 is 10.1 Å². The molecule has 1 unspecified atom stereocenters. The first-order chi connectivity index (χ1) is 9.83. The third-order valence-electron chi connectivity index (χ3n) is 2.84. The minimum absolute atomic E-state index is 0.410. The van der Waals surface area contributed by atoms with E-state index in [4.69, 9.17) is 9.47 Å². The standard InChI is InChI=1S/C16H27NO3/c1-2-3-11-19-14-15(18)13-17-10-7-12-20-16-8-5-4-6-9-16/h4-6,8-9,15,17-18H,2-3,7,10-14H2,1H3. The fraction of sp³-hybridized carbons (Fsp3) is 0.625. The van der Waals surface area contributed by atoms with Gasteiger partial charge in [-0.2, -0.15) is 0 Å². The fourth-order valence-electron chi connectivity index (χ4n) is 1.70. The molecule has 0 saturated carbocycles. The maximum Gasteiger partial charge on any atom is 0.119 e. The molecule has 1 aromatic carbocycles. The molecule has 0 heterocycles. The van der Waals surface area contributed by atoms with Gasteiger partial charge in [-0.25, -0.2) is 0 Å². The van der Waals surface area contributed by atoms with Gasteiger partial charge in [0.05, 0.1) is 19.3 Å². The summed E-state index contributed by atoms with van der Waals surface area (Å²) < 4.78 is 10.9. The first-order valence-electron chi connectivity index (χ1n) is 7.47. The van der Waals surface area contributed by atoms with Gasteiger partial charge in [0, 0.05) is 13.2 Å². The number of aliphatic hydroxyl groups is 1. The third kappa shape index (κ3) is 8.91. The monoisotopic (exact) mass is 281 g/mol. The predicted octanol–water partition coefficient (Wildman–Crippen LogP) is 2.22. The second-order valence-electron chi connectivity index (χ2n) is 4.80. The molecule has 0 spiro atoms. The van der Waals surface area contributed by atoms with Crippen molar-refractivity contribution in [3.63, 3.8) is 0 Å². The van der Waals surface area contributed by atoms with Crippen LogP contribution in [0.15, 0.2) is 30.3 Å². The summed E-state index contributed by atoms with van der Waals surface area (Å²) in [5.74, 6) is 0.900. The summed E-state index contributed by atoms with van der Waals surface area (Å²) in [5, 5.41) is 12.9. The van der Waals surface area contributed by atoms with Crippen LogP contribution in [0.4, 0.5) is 0 Å². The van der Waals surface area contributed by atoms with E-state index in [1.165, 1.54) is 0 Å². The number of benzene rings is 1. The molecule has 0 radical (unpaired) electrons. The van der Waals surface area contributed by atoms with E-state index in [0.717, 1.165) is 38.2 Å². The Hall–Kier alpha value is -1.10. The Kier molecular flexibility index (Phi) is 9.92. The third-order valence-corrected chi connectivity index (χ3v) is 2.84. The van der Waals surface area contributed by atoms with E-state index in [9.17, 15) is 5.11 Å². The van der Waals surface area contributed by atoms with E-state index < -0.39 is 6.10 Å². The van der Waals surface area contributed by atoms with Crippen LogP contribution in [0.5, 0.6) is 5.75 Å². The molecule has 1 rings (SSSR count). The highest BCUT2D eigenvalue weighted by atomic mass is 16.5. The minimum atomic E-state index is -0.429. The second kappa shape index (κ2) is 11.7. The summed E-state index contributed by atoms with van der Waals surface area (Å²) in [6, 6.07) is 9.79. The normalized spacial score (nSPS) is 12.3. The number of unbranched alkanes of at least 4 members (excludes halogenated alkanes) is 1. The zero-order chi connectivity index (χ0) is 14.5. The number of para-hydroxylation sites is 1. The summed E-state index contributed by atoms with van der Waals surface area (Å²) in [4.78, 5) is 0. The zero-order valence-electron chi connectivity index (χ0n) is 12.4. The largest absolute Gasteiger partial charge is 0.494 e. The molecule has 0 amide bonds. The first-order valence-corrected chi connectivity index (χ1v) is 7.47. The van der Waals surface area contributed by atoms with Gasteiger partial charge in [-0.3, -0.25) is 0 Å². The molecule has 0 aliphatic heterocycles. The van der Waals surface area contributed by atoms with E-state index >= 15 is 0 Å². The molecule has 1 atom stereocenters. The van der Waals surface area contributed by atoms with Gasteiger partial charge in [0.1, 0.15) is 5.75 Å². The van der Waals surface area contributed by atoms with Crippen LogP contribution in [-0.2, 0) is 4.74 Å². The van der Waals surface area contributed by atoms with Crippen molar-refractivity contribution in [1.82, 2.24) is 5.32 Å². The van der Waals surface area contributed by atoms with Gasteiger partial charge in [0.15, 0.2) is 0 Å². The van der Waals surface area contributed by atoms with Gasteiger partial charge in [0.25, 0.3) is 0 Å². The topological polar surface area (TPSA) is 50.7 Å². The van der Waals surface area contributed by atoms with Crippen LogP contribution >= 0.6 is 0 Å². The minimum Gasteiger partial charge on any atom is -0.494 e. The van der Waals surface area contributed by atoms with Crippen molar-refractivity contribution in [3.8, 4) is 5.75 Å². The molecule has 4 heteroatoms. The Morgan fingerprint density at radius 1 is 1.15 bits per heavy atom. The average Bonchev–Trinajstić information content (AvgIpc) is 2.48. The molecule has 0 aromatic heterocycles. The lowest BCUT2D eigenvalue weighted by Gasteiger charge is -2.12. The fourth-order valence-corrected chi connectivity index (χ4v) is 1.70. The van der Waals surface area contributed by atoms with Crippen molar-refractivity contribution >= 4 is 0 Å². The Morgan fingerprint density at radius 2 is 1.95 bits per heavy atom. The van der Waals surface area contributed by atoms with Gasteiger partial charge < -0.3 is 19.9 Å². The van der Waals surface area contributed by atoms with E-state index in [0.29, 0.717) is 19.8 Å². The van der Waals surface area contributed by atoms with E-state index in [2.05, 4.69) is 12.2 Å². The average molecular weight is 281 g/mol. The Labute approximate surface area is 122 Å². The van der Waals surface area contributed by atoms with Gasteiger partial charge in [-0.1, -0.05) is 31.5 Å². The van der Waals surface area contributed by atoms with Crippen LogP contribution in [0, 0.1) is 0 Å². The van der Waals surface area contributed by atoms with Crippen molar-refractivity contribution in [2.24, 2.45) is 0 Å². The Bertz CT molecular complexity index is 319. The molecule has 2 N–H and O–H groups in total. The number of hydrogen-bond donors (Lipinski definition) is 2. The van der Waals surface area contributed by atoms with Crippen molar-refractivity contribution in [1.29, 1.82) is 0 Å². The smallest absolute Gasteiger partial charge is 0.119 e. The molecule has 4 nitrogen and oxygen atoms in total. The highest BCUT2D eigenvalue weighted by molar-refractivity contribution is 5.20. The van der Waals surface area contributed by atoms with Gasteiger partial charge in [-0.05, 0) is 31.5 Å². The Balaban J connectivity index is 1.89. The quantitative estimate of drug-likeness (QED) is 0.577. The maximum absolute atomic E-state index is 9.66. The van der Waals surface area contributed by atoms with Crippen LogP contribution in [0.1, 0.15) is 26.2 Å². The van der Waals surface area contributed by atoms with Crippen LogP contribution in [0.3, 0.4) is 0 Å². The maximum atomic E-state index is 9.66. The lowest BCUT2D eigenvalue weighted by Crippen LogP contribution is -2.31. The Morgan fingerprint density at radius 3 is 2.70 bits per heavy atom. The van der Waals surface area contributed by atoms with Crippen LogP contribution in [0.25, 0.3) is 0 Å². The van der Waals surface area contributed by atoms with Crippen molar-refractivity contribution in [2.75, 3.05) is 32.9 Å². The van der Waals surface area contributed by atoms with Gasteiger partial charge in [0.2, 0.25) is 0 Å². The van der Waals surface area contributed by atoms with E-state index in [-0.39, 0.29) is 0 Å².